The number of hydrogen-bond donors (Lipinski definition) is 0. The average molecular weight is 410 g/mol. The Bertz CT molecular complexity index is 593. The Morgan fingerprint density at radius 2 is 1.80 bits per heavy atom. The molecule has 2 aromatic rings. The van der Waals surface area contributed by atoms with Crippen molar-refractivity contribution in [3.05, 3.63) is 36.2 Å². The van der Waals surface area contributed by atoms with Gasteiger partial charge in [-0.2, -0.15) is 0 Å². The zero-order chi connectivity index (χ0) is 15.0. The summed E-state index contributed by atoms with van der Waals surface area (Å²) in [6.45, 7) is 0. The van der Waals surface area contributed by atoms with Gasteiger partial charge in [0.2, 0.25) is 0 Å². The van der Waals surface area contributed by atoms with E-state index in [4.69, 9.17) is 11.6 Å². The second kappa shape index (κ2) is 5.55. The summed E-state index contributed by atoms with van der Waals surface area (Å²) >= 11 is 3.57. The normalized spacial score (nSPS) is 12.7. The van der Waals surface area contributed by atoms with E-state index >= 15 is 0 Å². The number of alkyl halides is 4. The third kappa shape index (κ3) is 3.28. The van der Waals surface area contributed by atoms with Gasteiger partial charge in [-0.3, -0.25) is 0 Å². The summed E-state index contributed by atoms with van der Waals surface area (Å²) in [6, 6.07) is 7.33. The van der Waals surface area contributed by atoms with Crippen LogP contribution in [0.15, 0.2) is 30.5 Å². The molecular weight excluding hydrogens is 397 g/mol. The topological polar surface area (TPSA) is 30.7 Å². The minimum absolute atomic E-state index is 0.549. The number of rotatable bonds is 3. The van der Waals surface area contributed by atoms with Crippen molar-refractivity contribution in [2.75, 3.05) is 3.90 Å². The number of aromatic nitrogens is 3. The molecule has 0 radical (unpaired) electrons. The molecule has 108 valence electrons. The van der Waals surface area contributed by atoms with Crippen LogP contribution in [0.1, 0.15) is 5.69 Å². The van der Waals surface area contributed by atoms with Crippen LogP contribution in [0.2, 0.25) is 9.88 Å². The van der Waals surface area contributed by atoms with Crippen LogP contribution in [0.3, 0.4) is 0 Å². The first-order valence-corrected chi connectivity index (χ1v) is 15.6. The molecule has 0 saturated heterocycles. The summed E-state index contributed by atoms with van der Waals surface area (Å²) in [6.07, 6.45) is -3.60. The Morgan fingerprint density at radius 1 is 1.20 bits per heavy atom. The van der Waals surface area contributed by atoms with Crippen molar-refractivity contribution in [1.82, 2.24) is 15.0 Å². The van der Waals surface area contributed by atoms with E-state index in [-0.39, 0.29) is 0 Å². The standard InChI is InChI=1S/C9H5F3N3.CH2Cl.2CH3.Sn/c10-9(11,12)8-6-15(14-13-8)7-4-2-1-3-5-7;1-2;;;/h2-6H;1H2;2*1H3;. The van der Waals surface area contributed by atoms with Gasteiger partial charge >= 0.3 is 124 Å². The van der Waals surface area contributed by atoms with Gasteiger partial charge in [0, 0.05) is 0 Å². The molecule has 0 aliphatic carbocycles. The van der Waals surface area contributed by atoms with Gasteiger partial charge in [0.15, 0.2) is 0 Å². The van der Waals surface area contributed by atoms with Crippen molar-refractivity contribution >= 4 is 33.6 Å². The van der Waals surface area contributed by atoms with Crippen molar-refractivity contribution in [3.63, 3.8) is 0 Å². The zero-order valence-corrected chi connectivity index (χ0v) is 14.6. The van der Waals surface area contributed by atoms with Gasteiger partial charge < -0.3 is 0 Å². The predicted octanol–water partition coefficient (Wildman–Crippen LogP) is 2.98. The molecule has 0 aliphatic heterocycles. The fourth-order valence-corrected chi connectivity index (χ4v) is 6.19. The molecule has 8 heteroatoms. The van der Waals surface area contributed by atoms with Crippen molar-refractivity contribution in [1.29, 1.82) is 0 Å². The maximum absolute atomic E-state index is 12.5. The molecule has 0 aliphatic rings. The molecule has 0 atom stereocenters. The molecule has 1 aromatic heterocycles. The van der Waals surface area contributed by atoms with Crippen LogP contribution in [-0.2, 0) is 6.18 Å². The van der Waals surface area contributed by atoms with Crippen molar-refractivity contribution in [3.8, 4) is 5.69 Å². The first-order valence-electron chi connectivity index (χ1n) is 5.90. The Balaban J connectivity index is 2.29. The van der Waals surface area contributed by atoms with Crippen LogP contribution >= 0.6 is 11.6 Å². The molecule has 20 heavy (non-hydrogen) atoms. The fraction of sp³-hybridized carbons (Fsp3) is 0.333. The summed E-state index contributed by atoms with van der Waals surface area (Å²) in [5, 5.41) is 6.63. The van der Waals surface area contributed by atoms with Crippen LogP contribution in [-0.4, -0.2) is 37.3 Å². The van der Waals surface area contributed by atoms with Crippen LogP contribution in [0, 0.1) is 0 Å². The van der Waals surface area contributed by atoms with E-state index in [1.165, 1.54) is 3.58 Å². The number of hydrogen-bond acceptors (Lipinski definition) is 2. The summed E-state index contributed by atoms with van der Waals surface area (Å²) in [5.74, 6) is 0. The van der Waals surface area contributed by atoms with Crippen LogP contribution in [0.5, 0.6) is 0 Å². The van der Waals surface area contributed by atoms with Crippen LogP contribution < -0.4 is 3.58 Å². The molecule has 1 aromatic carbocycles. The van der Waals surface area contributed by atoms with Crippen molar-refractivity contribution in [2.45, 2.75) is 16.1 Å². The molecular formula is C12H13ClF3N3Sn. The molecule has 0 bridgehead atoms. The molecule has 0 unspecified atom stereocenters. The molecule has 3 nitrogen and oxygen atoms in total. The van der Waals surface area contributed by atoms with Crippen molar-refractivity contribution in [2.24, 2.45) is 0 Å². The first-order chi connectivity index (χ1) is 9.24. The predicted molar refractivity (Wildman–Crippen MR) is 74.2 cm³/mol. The monoisotopic (exact) mass is 411 g/mol. The maximum atomic E-state index is 12.5. The number of nitrogens with zero attached hydrogens (tertiary/aromatic N) is 3. The zero-order valence-electron chi connectivity index (χ0n) is 10.9. The van der Waals surface area contributed by atoms with E-state index in [0.29, 0.717) is 9.58 Å². The van der Waals surface area contributed by atoms with E-state index in [0.717, 1.165) is 10.9 Å². The molecule has 0 fully saturated rings. The third-order valence-corrected chi connectivity index (χ3v) is 14.8. The molecule has 0 saturated carbocycles. The van der Waals surface area contributed by atoms with Gasteiger partial charge in [-0.25, -0.2) is 0 Å². The Hall–Kier alpha value is -0.761. The van der Waals surface area contributed by atoms with E-state index in [9.17, 15) is 13.2 Å². The van der Waals surface area contributed by atoms with Gasteiger partial charge in [0.25, 0.3) is 0 Å². The van der Waals surface area contributed by atoms with Crippen LogP contribution in [0.25, 0.3) is 5.69 Å². The number of benzene rings is 1. The van der Waals surface area contributed by atoms with E-state index < -0.39 is 30.2 Å². The first kappa shape index (κ1) is 15.6. The van der Waals surface area contributed by atoms with Gasteiger partial charge in [0.1, 0.15) is 0 Å². The summed E-state index contributed by atoms with van der Waals surface area (Å²) in [4.78, 5) is 4.40. The molecule has 0 amide bonds. The van der Waals surface area contributed by atoms with Crippen molar-refractivity contribution < 1.29 is 13.2 Å². The second-order valence-corrected chi connectivity index (χ2v) is 20.1. The SMILES string of the molecule is [CH3][Sn]([CH3])([CH2]Cl)[c]1ccc(-n2cc(C(F)(F)F)nn2)cc1. The van der Waals surface area contributed by atoms with E-state index in [1.54, 1.807) is 12.1 Å². The van der Waals surface area contributed by atoms with E-state index in [2.05, 4.69) is 20.2 Å². The Labute approximate surface area is 123 Å². The van der Waals surface area contributed by atoms with Gasteiger partial charge in [-0.15, -0.1) is 0 Å². The Morgan fingerprint density at radius 3 is 2.25 bits per heavy atom. The van der Waals surface area contributed by atoms with Gasteiger partial charge in [-0.1, -0.05) is 0 Å². The quantitative estimate of drug-likeness (QED) is 0.576. The fourth-order valence-electron chi connectivity index (χ4n) is 1.66. The number of halogens is 4. The molecule has 1 heterocycles. The second-order valence-electron chi connectivity index (χ2n) is 5.11. The Kier molecular flexibility index (Phi) is 4.34. The summed E-state index contributed by atoms with van der Waals surface area (Å²) in [7, 11) is 0. The summed E-state index contributed by atoms with van der Waals surface area (Å²) < 4.78 is 40.4. The van der Waals surface area contributed by atoms with Gasteiger partial charge in [0.05, 0.1) is 0 Å². The van der Waals surface area contributed by atoms with Crippen LogP contribution in [0.4, 0.5) is 13.2 Å². The minimum atomic E-state index is -4.48. The van der Waals surface area contributed by atoms with Gasteiger partial charge in [-0.05, 0) is 0 Å². The third-order valence-electron chi connectivity index (χ3n) is 3.03. The molecule has 0 N–H and O–H groups in total. The molecule has 0 spiro atoms. The summed E-state index contributed by atoms with van der Waals surface area (Å²) in [5.41, 5.74) is -0.449. The molecule has 2 rings (SSSR count). The average Bonchev–Trinajstić information content (AvgIpc) is 2.88. The van der Waals surface area contributed by atoms with E-state index in [1.807, 2.05) is 12.1 Å².